The van der Waals surface area contributed by atoms with E-state index < -0.39 is 9.84 Å². The van der Waals surface area contributed by atoms with Crippen LogP contribution in [0.1, 0.15) is 23.3 Å². The maximum atomic E-state index is 13.0. The van der Waals surface area contributed by atoms with Gasteiger partial charge in [0, 0.05) is 25.5 Å². The van der Waals surface area contributed by atoms with Crippen molar-refractivity contribution in [1.29, 1.82) is 0 Å². The van der Waals surface area contributed by atoms with E-state index in [0.717, 1.165) is 12.8 Å². The molecule has 2 aromatic rings. The van der Waals surface area contributed by atoms with Crippen LogP contribution in [0, 0.1) is 11.7 Å². The number of aromatic nitrogens is 2. The number of carbonyl (C=O) groups is 1. The van der Waals surface area contributed by atoms with E-state index >= 15 is 0 Å². The number of carbonyl (C=O) groups excluding carboxylic acids is 1. The number of likely N-dealkylation sites (tertiary alicyclic amines) is 1. The number of sulfone groups is 1. The standard InChI is InChI=1S/C17H20FN3O3S/c1-25(23,24)12-13-3-2-9-20(11-13)17(22)16-8-10-21(19-16)15-6-4-14(18)5-7-15/h4-8,10,13H,2-3,9,11-12H2,1H3. The van der Waals surface area contributed by atoms with Crippen molar-refractivity contribution in [2.75, 3.05) is 25.1 Å². The predicted octanol–water partition coefficient (Wildman–Crippen LogP) is 1.91. The van der Waals surface area contributed by atoms with E-state index in [1.54, 1.807) is 29.3 Å². The van der Waals surface area contributed by atoms with Gasteiger partial charge in [0.15, 0.2) is 5.69 Å². The van der Waals surface area contributed by atoms with E-state index in [1.807, 2.05) is 0 Å². The molecule has 1 saturated heterocycles. The Morgan fingerprint density at radius 3 is 2.68 bits per heavy atom. The van der Waals surface area contributed by atoms with Crippen LogP contribution in [-0.2, 0) is 9.84 Å². The van der Waals surface area contributed by atoms with Gasteiger partial charge in [-0.15, -0.1) is 0 Å². The van der Waals surface area contributed by atoms with Crippen molar-refractivity contribution in [3.05, 3.63) is 48.0 Å². The summed E-state index contributed by atoms with van der Waals surface area (Å²) in [5.74, 6) is -0.482. The molecule has 3 rings (SSSR count). The molecule has 8 heteroatoms. The predicted molar refractivity (Wildman–Crippen MR) is 91.9 cm³/mol. The monoisotopic (exact) mass is 365 g/mol. The van der Waals surface area contributed by atoms with Gasteiger partial charge in [-0.05, 0) is 49.1 Å². The Balaban J connectivity index is 1.71. The number of benzene rings is 1. The van der Waals surface area contributed by atoms with Crippen molar-refractivity contribution in [3.8, 4) is 5.69 Å². The van der Waals surface area contributed by atoms with Gasteiger partial charge in [-0.25, -0.2) is 17.5 Å². The van der Waals surface area contributed by atoms with E-state index in [9.17, 15) is 17.6 Å². The molecule has 2 heterocycles. The number of piperidine rings is 1. The molecule has 1 amide bonds. The maximum Gasteiger partial charge on any atom is 0.274 e. The summed E-state index contributed by atoms with van der Waals surface area (Å²) in [4.78, 5) is 14.3. The molecule has 1 unspecified atom stereocenters. The van der Waals surface area contributed by atoms with Crippen molar-refractivity contribution in [1.82, 2.24) is 14.7 Å². The van der Waals surface area contributed by atoms with E-state index in [4.69, 9.17) is 0 Å². The molecule has 134 valence electrons. The minimum atomic E-state index is -3.06. The molecule has 25 heavy (non-hydrogen) atoms. The molecule has 0 radical (unpaired) electrons. The Morgan fingerprint density at radius 1 is 1.28 bits per heavy atom. The minimum Gasteiger partial charge on any atom is -0.337 e. The lowest BCUT2D eigenvalue weighted by molar-refractivity contribution is 0.0678. The van der Waals surface area contributed by atoms with Crippen molar-refractivity contribution < 1.29 is 17.6 Å². The highest BCUT2D eigenvalue weighted by atomic mass is 32.2. The molecule has 1 aromatic heterocycles. The summed E-state index contributed by atoms with van der Waals surface area (Å²) in [6, 6.07) is 7.45. The number of halogens is 1. The van der Waals surface area contributed by atoms with E-state index in [-0.39, 0.29) is 23.4 Å². The molecular formula is C17H20FN3O3S. The first-order valence-electron chi connectivity index (χ1n) is 8.10. The molecule has 1 fully saturated rings. The van der Waals surface area contributed by atoms with Gasteiger partial charge in [-0.1, -0.05) is 0 Å². The van der Waals surface area contributed by atoms with Crippen molar-refractivity contribution in [3.63, 3.8) is 0 Å². The fourth-order valence-corrected chi connectivity index (χ4v) is 4.28. The first kappa shape index (κ1) is 17.6. The second-order valence-corrected chi connectivity index (χ2v) is 8.66. The third-order valence-corrected chi connectivity index (χ3v) is 5.32. The molecule has 0 spiro atoms. The van der Waals surface area contributed by atoms with Gasteiger partial charge in [-0.2, -0.15) is 5.10 Å². The second-order valence-electron chi connectivity index (χ2n) is 6.47. The van der Waals surface area contributed by atoms with Gasteiger partial charge >= 0.3 is 0 Å². The Hall–Kier alpha value is -2.22. The normalized spacial score (nSPS) is 18.3. The third kappa shape index (κ3) is 4.45. The quantitative estimate of drug-likeness (QED) is 0.830. The first-order chi connectivity index (χ1) is 11.8. The van der Waals surface area contributed by atoms with Crippen LogP contribution in [0.4, 0.5) is 4.39 Å². The van der Waals surface area contributed by atoms with Gasteiger partial charge in [0.25, 0.3) is 5.91 Å². The lowest BCUT2D eigenvalue weighted by Crippen LogP contribution is -2.42. The van der Waals surface area contributed by atoms with Crippen molar-refractivity contribution in [2.45, 2.75) is 12.8 Å². The smallest absolute Gasteiger partial charge is 0.274 e. The largest absolute Gasteiger partial charge is 0.337 e. The van der Waals surface area contributed by atoms with Gasteiger partial charge in [0.1, 0.15) is 15.7 Å². The summed E-state index contributed by atoms with van der Waals surface area (Å²) in [6.07, 6.45) is 4.46. The summed E-state index contributed by atoms with van der Waals surface area (Å²) in [7, 11) is -3.06. The molecule has 0 N–H and O–H groups in total. The Bertz CT molecular complexity index is 862. The Labute approximate surface area is 146 Å². The minimum absolute atomic E-state index is 0.0353. The SMILES string of the molecule is CS(=O)(=O)CC1CCCN(C(=O)c2ccn(-c3ccc(F)cc3)n2)C1. The highest BCUT2D eigenvalue weighted by Crippen LogP contribution is 2.20. The van der Waals surface area contributed by atoms with Gasteiger partial charge in [0.05, 0.1) is 11.4 Å². The molecule has 1 aliphatic heterocycles. The van der Waals surface area contributed by atoms with Crippen molar-refractivity contribution in [2.24, 2.45) is 5.92 Å². The second kappa shape index (κ2) is 6.95. The molecule has 1 atom stereocenters. The average Bonchev–Trinajstić information content (AvgIpc) is 3.03. The number of amides is 1. The lowest BCUT2D eigenvalue weighted by Gasteiger charge is -2.31. The Kier molecular flexibility index (Phi) is 4.89. The van der Waals surface area contributed by atoms with E-state index in [1.165, 1.54) is 23.1 Å². The zero-order chi connectivity index (χ0) is 18.0. The van der Waals surface area contributed by atoms with Crippen LogP contribution in [0.5, 0.6) is 0 Å². The van der Waals surface area contributed by atoms with Gasteiger partial charge in [0.2, 0.25) is 0 Å². The fourth-order valence-electron chi connectivity index (χ4n) is 3.15. The number of hydrogen-bond acceptors (Lipinski definition) is 4. The van der Waals surface area contributed by atoms with Crippen molar-refractivity contribution >= 4 is 15.7 Å². The lowest BCUT2D eigenvalue weighted by atomic mass is 10.00. The zero-order valence-electron chi connectivity index (χ0n) is 13.9. The van der Waals surface area contributed by atoms with Crippen LogP contribution >= 0.6 is 0 Å². The fraction of sp³-hybridized carbons (Fsp3) is 0.412. The summed E-state index contributed by atoms with van der Waals surface area (Å²) >= 11 is 0. The molecule has 6 nitrogen and oxygen atoms in total. The zero-order valence-corrected chi connectivity index (χ0v) is 14.7. The number of nitrogens with zero attached hydrogens (tertiary/aromatic N) is 3. The van der Waals surface area contributed by atoms with Crippen LogP contribution in [0.15, 0.2) is 36.5 Å². The molecule has 1 aromatic carbocycles. The third-order valence-electron chi connectivity index (χ3n) is 4.24. The Morgan fingerprint density at radius 2 is 2.00 bits per heavy atom. The number of hydrogen-bond donors (Lipinski definition) is 0. The maximum absolute atomic E-state index is 13.0. The molecular weight excluding hydrogens is 345 g/mol. The summed E-state index contributed by atoms with van der Waals surface area (Å²) in [5.41, 5.74) is 0.957. The molecule has 1 aliphatic rings. The first-order valence-corrected chi connectivity index (χ1v) is 10.2. The molecule has 0 bridgehead atoms. The van der Waals surface area contributed by atoms with Crippen LogP contribution in [-0.4, -0.2) is 54.1 Å². The summed E-state index contributed by atoms with van der Waals surface area (Å²) in [6.45, 7) is 1.03. The van der Waals surface area contributed by atoms with Crippen LogP contribution in [0.2, 0.25) is 0 Å². The molecule has 0 saturated carbocycles. The van der Waals surface area contributed by atoms with Crippen LogP contribution in [0.3, 0.4) is 0 Å². The van der Waals surface area contributed by atoms with Crippen LogP contribution < -0.4 is 0 Å². The topological polar surface area (TPSA) is 72.3 Å². The highest BCUT2D eigenvalue weighted by Gasteiger charge is 2.27. The summed E-state index contributed by atoms with van der Waals surface area (Å²) in [5, 5.41) is 4.27. The van der Waals surface area contributed by atoms with Gasteiger partial charge < -0.3 is 4.90 Å². The number of rotatable bonds is 4. The average molecular weight is 365 g/mol. The highest BCUT2D eigenvalue weighted by molar-refractivity contribution is 7.90. The van der Waals surface area contributed by atoms with Crippen LogP contribution in [0.25, 0.3) is 5.69 Å². The van der Waals surface area contributed by atoms with E-state index in [2.05, 4.69) is 5.10 Å². The summed E-state index contributed by atoms with van der Waals surface area (Å²) < 4.78 is 37.5. The van der Waals surface area contributed by atoms with E-state index in [0.29, 0.717) is 24.5 Å². The van der Waals surface area contributed by atoms with Gasteiger partial charge in [-0.3, -0.25) is 4.79 Å². The molecule has 0 aliphatic carbocycles.